The molecule has 1 aliphatic rings. The Labute approximate surface area is 212 Å². The second-order valence-corrected chi connectivity index (χ2v) is 9.03. The van der Waals surface area contributed by atoms with E-state index in [1.165, 1.54) is 0 Å². The standard InChI is InChI=1S/C25H39N5O6/c1-3-27-8-9-28(18-23(32)33)10-11-29(19-24(34)35)12-13-30(14-15-31)22(17-27)16-20-4-6-21(7-5-20)25(36)26-2/h4-7,15,22H,3,8-14,16-19H2,1-2H3,(H,26,36)(H,32,33)(H,34,35). The van der Waals surface area contributed by atoms with Gasteiger partial charge in [0.25, 0.3) is 5.91 Å². The van der Waals surface area contributed by atoms with Crippen molar-refractivity contribution in [2.24, 2.45) is 0 Å². The predicted octanol–water partition coefficient (Wildman–Crippen LogP) is -0.433. The van der Waals surface area contributed by atoms with Crippen LogP contribution in [-0.2, 0) is 20.8 Å². The molecule has 3 N–H and O–H groups in total. The van der Waals surface area contributed by atoms with E-state index in [0.29, 0.717) is 57.8 Å². The molecule has 0 radical (unpaired) electrons. The highest BCUT2D eigenvalue weighted by atomic mass is 16.4. The number of rotatable bonds is 10. The number of aldehydes is 1. The number of hydrogen-bond donors (Lipinski definition) is 3. The van der Waals surface area contributed by atoms with E-state index >= 15 is 0 Å². The zero-order chi connectivity index (χ0) is 26.5. The summed E-state index contributed by atoms with van der Waals surface area (Å²) in [7, 11) is 1.59. The summed E-state index contributed by atoms with van der Waals surface area (Å²) < 4.78 is 0. The number of aliphatic carboxylic acids is 2. The van der Waals surface area contributed by atoms with Crippen LogP contribution in [0, 0.1) is 0 Å². The number of carbonyl (C=O) groups excluding carboxylic acids is 2. The summed E-state index contributed by atoms with van der Waals surface area (Å²) in [5, 5.41) is 21.3. The van der Waals surface area contributed by atoms with Crippen molar-refractivity contribution in [3.8, 4) is 0 Å². The molecule has 0 saturated carbocycles. The molecule has 0 spiro atoms. The molecular weight excluding hydrogens is 466 g/mol. The first-order chi connectivity index (χ1) is 17.2. The molecule has 1 heterocycles. The van der Waals surface area contributed by atoms with E-state index in [4.69, 9.17) is 0 Å². The Kier molecular flexibility index (Phi) is 12.5. The van der Waals surface area contributed by atoms with Gasteiger partial charge in [-0.3, -0.25) is 29.1 Å². The second-order valence-electron chi connectivity index (χ2n) is 9.03. The molecule has 1 aromatic rings. The fourth-order valence-electron chi connectivity index (χ4n) is 4.47. The minimum Gasteiger partial charge on any atom is -0.480 e. The van der Waals surface area contributed by atoms with Crippen LogP contribution in [0.15, 0.2) is 24.3 Å². The molecule has 0 aliphatic carbocycles. The lowest BCUT2D eigenvalue weighted by molar-refractivity contribution is -0.140. The van der Waals surface area contributed by atoms with Gasteiger partial charge in [0.1, 0.15) is 6.29 Å². The van der Waals surface area contributed by atoms with Crippen LogP contribution in [-0.4, -0.2) is 139 Å². The van der Waals surface area contributed by atoms with Crippen LogP contribution in [0.3, 0.4) is 0 Å². The molecule has 11 heteroatoms. The summed E-state index contributed by atoms with van der Waals surface area (Å²) in [6.45, 7) is 6.49. The van der Waals surface area contributed by atoms with Gasteiger partial charge in [-0.25, -0.2) is 0 Å². The van der Waals surface area contributed by atoms with Crippen molar-refractivity contribution in [1.29, 1.82) is 0 Å². The van der Waals surface area contributed by atoms with Gasteiger partial charge in [0.2, 0.25) is 0 Å². The van der Waals surface area contributed by atoms with E-state index in [9.17, 15) is 29.4 Å². The van der Waals surface area contributed by atoms with E-state index in [-0.39, 0.29) is 31.6 Å². The maximum absolute atomic E-state index is 11.9. The maximum Gasteiger partial charge on any atom is 0.317 e. The number of hydrogen-bond acceptors (Lipinski definition) is 8. The van der Waals surface area contributed by atoms with Gasteiger partial charge < -0.3 is 25.2 Å². The summed E-state index contributed by atoms with van der Waals surface area (Å²) in [5.41, 5.74) is 1.60. The fourth-order valence-corrected chi connectivity index (χ4v) is 4.47. The average molecular weight is 506 g/mol. The van der Waals surface area contributed by atoms with Crippen LogP contribution in [0.1, 0.15) is 22.8 Å². The average Bonchev–Trinajstić information content (AvgIpc) is 2.84. The van der Waals surface area contributed by atoms with Gasteiger partial charge in [0.05, 0.1) is 19.6 Å². The van der Waals surface area contributed by atoms with Gasteiger partial charge in [0, 0.05) is 64.5 Å². The molecule has 11 nitrogen and oxygen atoms in total. The smallest absolute Gasteiger partial charge is 0.317 e. The lowest BCUT2D eigenvalue weighted by Crippen LogP contribution is -2.52. The number of amides is 1. The van der Waals surface area contributed by atoms with Crippen LogP contribution in [0.2, 0.25) is 0 Å². The van der Waals surface area contributed by atoms with Crippen molar-refractivity contribution in [3.63, 3.8) is 0 Å². The highest BCUT2D eigenvalue weighted by molar-refractivity contribution is 5.93. The molecule has 200 valence electrons. The Morgan fingerprint density at radius 3 is 1.92 bits per heavy atom. The van der Waals surface area contributed by atoms with E-state index < -0.39 is 11.9 Å². The van der Waals surface area contributed by atoms with Gasteiger partial charge in [0.15, 0.2) is 0 Å². The van der Waals surface area contributed by atoms with Crippen LogP contribution < -0.4 is 5.32 Å². The third-order valence-electron chi connectivity index (χ3n) is 6.54. The van der Waals surface area contributed by atoms with Gasteiger partial charge >= 0.3 is 11.9 Å². The normalized spacial score (nSPS) is 19.7. The first kappa shape index (κ1) is 29.4. The second kappa shape index (κ2) is 15.3. The number of carboxylic acid groups (broad SMARTS) is 2. The Balaban J connectivity index is 2.29. The zero-order valence-corrected chi connectivity index (χ0v) is 21.3. The number of benzene rings is 1. The maximum atomic E-state index is 11.9. The summed E-state index contributed by atoms with van der Waals surface area (Å²) in [4.78, 5) is 54.3. The fraction of sp³-hybridized carbons (Fsp3) is 0.600. The number of nitrogens with zero attached hydrogens (tertiary/aromatic N) is 4. The lowest BCUT2D eigenvalue weighted by atomic mass is 10.0. The molecule has 0 aromatic heterocycles. The van der Waals surface area contributed by atoms with Crippen LogP contribution >= 0.6 is 0 Å². The van der Waals surface area contributed by atoms with Crippen LogP contribution in [0.25, 0.3) is 0 Å². The molecule has 2 rings (SSSR count). The van der Waals surface area contributed by atoms with E-state index in [1.807, 2.05) is 17.0 Å². The minimum absolute atomic E-state index is 0.0277. The van der Waals surface area contributed by atoms with Crippen LogP contribution in [0.5, 0.6) is 0 Å². The molecule has 0 bridgehead atoms. The molecule has 1 saturated heterocycles. The van der Waals surface area contributed by atoms with Crippen LogP contribution in [0.4, 0.5) is 0 Å². The number of carbonyl (C=O) groups is 4. The van der Waals surface area contributed by atoms with E-state index in [2.05, 4.69) is 22.0 Å². The molecule has 1 atom stereocenters. The van der Waals surface area contributed by atoms with Gasteiger partial charge in [-0.05, 0) is 30.7 Å². The molecule has 1 fully saturated rings. The summed E-state index contributed by atoms with van der Waals surface area (Å²) >= 11 is 0. The molecule has 1 aromatic carbocycles. The number of carboxylic acids is 2. The van der Waals surface area contributed by atoms with Crippen molar-refractivity contribution in [1.82, 2.24) is 24.9 Å². The molecule has 1 aliphatic heterocycles. The van der Waals surface area contributed by atoms with E-state index in [0.717, 1.165) is 18.4 Å². The summed E-state index contributed by atoms with van der Waals surface area (Å²) in [5.74, 6) is -2.01. The molecule has 1 amide bonds. The van der Waals surface area contributed by atoms with Crippen molar-refractivity contribution in [2.45, 2.75) is 19.4 Å². The Bertz CT molecular complexity index is 865. The predicted molar refractivity (Wildman–Crippen MR) is 135 cm³/mol. The number of nitrogens with one attached hydrogen (secondary N) is 1. The third-order valence-corrected chi connectivity index (χ3v) is 6.54. The largest absolute Gasteiger partial charge is 0.480 e. The third kappa shape index (κ3) is 10.0. The quantitative estimate of drug-likeness (QED) is 0.360. The molecular formula is C25H39N5O6. The highest BCUT2D eigenvalue weighted by Gasteiger charge is 2.25. The van der Waals surface area contributed by atoms with E-state index in [1.54, 1.807) is 24.1 Å². The lowest BCUT2D eigenvalue weighted by Gasteiger charge is -2.37. The molecule has 36 heavy (non-hydrogen) atoms. The van der Waals surface area contributed by atoms with Crippen molar-refractivity contribution >= 4 is 24.1 Å². The Morgan fingerprint density at radius 2 is 1.44 bits per heavy atom. The topological polar surface area (TPSA) is 134 Å². The summed E-state index contributed by atoms with van der Waals surface area (Å²) in [6.07, 6.45) is 1.52. The number of likely N-dealkylation sites (N-methyl/N-ethyl adjacent to an activating group) is 1. The SMILES string of the molecule is CCN1CCN(CC(=O)O)CCN(CC(=O)O)CCN(CC=O)C(Cc2ccc(C(=O)NC)cc2)C1. The van der Waals surface area contributed by atoms with Crippen molar-refractivity contribution in [2.75, 3.05) is 79.0 Å². The Morgan fingerprint density at radius 1 is 0.917 bits per heavy atom. The highest BCUT2D eigenvalue weighted by Crippen LogP contribution is 2.14. The first-order valence-corrected chi connectivity index (χ1v) is 12.3. The summed E-state index contributed by atoms with van der Waals surface area (Å²) in [6, 6.07) is 7.37. The monoisotopic (exact) mass is 505 g/mol. The van der Waals surface area contributed by atoms with Crippen molar-refractivity contribution < 1.29 is 29.4 Å². The zero-order valence-electron chi connectivity index (χ0n) is 21.3. The van der Waals surface area contributed by atoms with Crippen molar-refractivity contribution in [3.05, 3.63) is 35.4 Å². The molecule has 1 unspecified atom stereocenters. The van der Waals surface area contributed by atoms with Gasteiger partial charge in [-0.15, -0.1) is 0 Å². The van der Waals surface area contributed by atoms with Gasteiger partial charge in [-0.2, -0.15) is 0 Å². The Hall–Kier alpha value is -2.86. The first-order valence-electron chi connectivity index (χ1n) is 12.3. The van der Waals surface area contributed by atoms with Gasteiger partial charge in [-0.1, -0.05) is 19.1 Å². The minimum atomic E-state index is -0.946.